The van der Waals surface area contributed by atoms with Crippen LogP contribution >= 0.6 is 22.7 Å². The first-order valence-corrected chi connectivity index (χ1v) is 16.6. The summed E-state index contributed by atoms with van der Waals surface area (Å²) in [6.07, 6.45) is 14.3. The SMILES string of the molecule is CN1C(=CC=Cc2scc(Cc3csc(C=CC=C4N(C)c5ccccc5C4(C)C)[n+]3C)[n+]2C)C(C)(C)c2ccccc21. The maximum atomic E-state index is 2.32. The number of thiazole rings is 2. The first-order valence-electron chi connectivity index (χ1n) is 14.9. The van der Waals surface area contributed by atoms with Gasteiger partial charge in [-0.05, 0) is 35.4 Å². The Bertz CT molecular complexity index is 1680. The highest BCUT2D eigenvalue weighted by atomic mass is 32.1. The highest BCUT2D eigenvalue weighted by Gasteiger charge is 2.38. The topological polar surface area (TPSA) is 14.2 Å². The molecule has 4 heterocycles. The van der Waals surface area contributed by atoms with Crippen molar-refractivity contribution in [3.8, 4) is 0 Å². The van der Waals surface area contributed by atoms with Crippen LogP contribution in [0, 0.1) is 0 Å². The largest absolute Gasteiger partial charge is 0.347 e. The molecule has 0 unspecified atom stereocenters. The van der Waals surface area contributed by atoms with Gasteiger partial charge in [-0.25, -0.2) is 0 Å². The van der Waals surface area contributed by atoms with Gasteiger partial charge in [0.05, 0.1) is 10.8 Å². The van der Waals surface area contributed by atoms with E-state index < -0.39 is 0 Å². The van der Waals surface area contributed by atoms with Gasteiger partial charge in [-0.3, -0.25) is 0 Å². The molecule has 6 heteroatoms. The van der Waals surface area contributed by atoms with Gasteiger partial charge < -0.3 is 9.80 Å². The average Bonchev–Trinajstić information content (AvgIpc) is 3.63. The van der Waals surface area contributed by atoms with Gasteiger partial charge in [0.2, 0.25) is 11.4 Å². The maximum absolute atomic E-state index is 2.32. The number of allylic oxidation sites excluding steroid dienone is 6. The van der Waals surface area contributed by atoms with E-state index in [4.69, 9.17) is 0 Å². The van der Waals surface area contributed by atoms with Gasteiger partial charge >= 0.3 is 0 Å². The molecule has 2 aromatic carbocycles. The zero-order valence-corrected chi connectivity index (χ0v) is 28.2. The molecule has 0 N–H and O–H groups in total. The Morgan fingerprint density at radius 1 is 0.651 bits per heavy atom. The zero-order chi connectivity index (χ0) is 30.5. The second kappa shape index (κ2) is 11.1. The third-order valence-electron chi connectivity index (χ3n) is 9.38. The van der Waals surface area contributed by atoms with Gasteiger partial charge in [0.25, 0.3) is 10.0 Å². The van der Waals surface area contributed by atoms with E-state index in [1.807, 2.05) is 0 Å². The third-order valence-corrected chi connectivity index (χ3v) is 11.5. The molecule has 0 saturated carbocycles. The fourth-order valence-corrected chi connectivity index (χ4v) is 8.57. The Morgan fingerprint density at radius 2 is 1.05 bits per heavy atom. The molecule has 6 rings (SSSR count). The Labute approximate surface area is 264 Å². The second-order valence-electron chi connectivity index (χ2n) is 12.6. The van der Waals surface area contributed by atoms with Crippen molar-refractivity contribution in [3.05, 3.63) is 128 Å². The van der Waals surface area contributed by atoms with E-state index in [0.717, 1.165) is 6.42 Å². The van der Waals surface area contributed by atoms with Crippen molar-refractivity contribution in [2.24, 2.45) is 14.1 Å². The van der Waals surface area contributed by atoms with Gasteiger partial charge in [-0.2, -0.15) is 9.13 Å². The molecule has 43 heavy (non-hydrogen) atoms. The number of para-hydroxylation sites is 2. The van der Waals surface area contributed by atoms with Gasteiger partial charge in [0.1, 0.15) is 20.5 Å². The van der Waals surface area contributed by atoms with Gasteiger partial charge in [-0.1, -0.05) is 98.9 Å². The Balaban J connectivity index is 1.16. The molecule has 0 fully saturated rings. The number of rotatable bonds is 6. The smallest absolute Gasteiger partial charge is 0.261 e. The summed E-state index contributed by atoms with van der Waals surface area (Å²) in [6, 6.07) is 17.4. The van der Waals surface area contributed by atoms with Gasteiger partial charge in [0, 0.05) is 59.8 Å². The highest BCUT2D eigenvalue weighted by molar-refractivity contribution is 7.10. The van der Waals surface area contributed by atoms with Crippen molar-refractivity contribution in [1.82, 2.24) is 0 Å². The van der Waals surface area contributed by atoms with Crippen LogP contribution in [0.4, 0.5) is 11.4 Å². The number of hydrogen-bond acceptors (Lipinski definition) is 4. The maximum Gasteiger partial charge on any atom is 0.261 e. The summed E-state index contributed by atoms with van der Waals surface area (Å²) in [5.74, 6) is 0. The minimum Gasteiger partial charge on any atom is -0.347 e. The number of hydrogen-bond donors (Lipinski definition) is 0. The van der Waals surface area contributed by atoms with Crippen molar-refractivity contribution in [2.75, 3.05) is 23.9 Å². The summed E-state index contributed by atoms with van der Waals surface area (Å²) in [4.78, 5) is 4.65. The first kappa shape index (κ1) is 29.3. The predicted octanol–water partition coefficient (Wildman–Crippen LogP) is 7.70. The fraction of sp³-hybridized carbons (Fsp3) is 0.297. The van der Waals surface area contributed by atoms with E-state index in [9.17, 15) is 0 Å². The number of benzene rings is 2. The molecule has 220 valence electrons. The van der Waals surface area contributed by atoms with Crippen molar-refractivity contribution >= 4 is 46.2 Å². The molecule has 2 aliphatic heterocycles. The number of aromatic nitrogens is 2. The van der Waals surface area contributed by atoms with Crippen LogP contribution in [0.5, 0.6) is 0 Å². The molecule has 2 aromatic heterocycles. The quantitative estimate of drug-likeness (QED) is 0.209. The third kappa shape index (κ3) is 5.00. The minimum atomic E-state index is -0.0109. The molecule has 4 aromatic rings. The fourth-order valence-electron chi connectivity index (χ4n) is 6.71. The van der Waals surface area contributed by atoms with E-state index in [1.165, 1.54) is 55.3 Å². The molecule has 0 radical (unpaired) electrons. The summed E-state index contributed by atoms with van der Waals surface area (Å²) in [5.41, 5.74) is 10.6. The molecule has 0 aliphatic carbocycles. The van der Waals surface area contributed by atoms with Crippen LogP contribution in [0.25, 0.3) is 12.2 Å². The van der Waals surface area contributed by atoms with E-state index in [1.54, 1.807) is 22.7 Å². The second-order valence-corrected chi connectivity index (χ2v) is 14.4. The Morgan fingerprint density at radius 3 is 1.44 bits per heavy atom. The summed E-state index contributed by atoms with van der Waals surface area (Å²) < 4.78 is 4.65. The van der Waals surface area contributed by atoms with E-state index >= 15 is 0 Å². The Kier molecular flexibility index (Phi) is 7.55. The minimum absolute atomic E-state index is 0.0109. The van der Waals surface area contributed by atoms with E-state index in [0.29, 0.717) is 0 Å². The van der Waals surface area contributed by atoms with E-state index in [2.05, 4.69) is 171 Å². The molecule has 4 nitrogen and oxygen atoms in total. The molecular formula is C37H42N4S2+2. The number of anilines is 2. The zero-order valence-electron chi connectivity index (χ0n) is 26.6. The number of likely N-dealkylation sites (N-methyl/N-ethyl adjacent to an activating group) is 2. The monoisotopic (exact) mass is 606 g/mol. The molecule has 0 spiro atoms. The predicted molar refractivity (Wildman–Crippen MR) is 184 cm³/mol. The van der Waals surface area contributed by atoms with Crippen LogP contribution in [0.2, 0.25) is 0 Å². The first-order chi connectivity index (χ1) is 20.5. The molecule has 0 bridgehead atoms. The van der Waals surface area contributed by atoms with E-state index in [-0.39, 0.29) is 10.8 Å². The lowest BCUT2D eigenvalue weighted by Crippen LogP contribution is -2.38. The molecule has 0 atom stereocenters. The highest BCUT2D eigenvalue weighted by Crippen LogP contribution is 2.47. The summed E-state index contributed by atoms with van der Waals surface area (Å²) in [5, 5.41) is 7.08. The van der Waals surface area contributed by atoms with Crippen LogP contribution in [0.3, 0.4) is 0 Å². The van der Waals surface area contributed by atoms with Crippen LogP contribution in [-0.2, 0) is 31.3 Å². The van der Waals surface area contributed by atoms with Crippen molar-refractivity contribution < 1.29 is 9.13 Å². The summed E-state index contributed by atoms with van der Waals surface area (Å²) in [7, 11) is 8.70. The molecule has 2 aliphatic rings. The van der Waals surface area contributed by atoms with Gasteiger partial charge in [-0.15, -0.1) is 0 Å². The standard InChI is InChI=1S/C37H42N4S2/c1-36(2)28-15-9-11-17-30(28)40(7)32(36)19-13-21-34-38(5)26(24-42-34)23-27-25-43-35(39(27)6)22-14-20-33-37(3,4)29-16-10-12-18-31(29)41(33)8/h9-22,24-25H,23H2,1-8H3/q+2. The lowest BCUT2D eigenvalue weighted by atomic mass is 9.84. The van der Waals surface area contributed by atoms with Crippen LogP contribution < -0.4 is 18.9 Å². The molecule has 0 amide bonds. The lowest BCUT2D eigenvalue weighted by molar-refractivity contribution is -0.687. The van der Waals surface area contributed by atoms with Crippen LogP contribution in [-0.4, -0.2) is 14.1 Å². The number of nitrogens with zero attached hydrogens (tertiary/aromatic N) is 4. The average molecular weight is 607 g/mol. The molecular weight excluding hydrogens is 565 g/mol. The van der Waals surface area contributed by atoms with Crippen molar-refractivity contribution in [2.45, 2.75) is 44.9 Å². The summed E-state index contributed by atoms with van der Waals surface area (Å²) >= 11 is 3.60. The van der Waals surface area contributed by atoms with Crippen molar-refractivity contribution in [3.63, 3.8) is 0 Å². The summed E-state index contributed by atoms with van der Waals surface area (Å²) in [6.45, 7) is 9.25. The van der Waals surface area contributed by atoms with Crippen LogP contribution in [0.15, 0.2) is 95.0 Å². The lowest BCUT2D eigenvalue weighted by Gasteiger charge is -2.23. The number of fused-ring (bicyclic) bond motifs is 2. The Hall–Kier alpha value is -3.74. The van der Waals surface area contributed by atoms with Gasteiger partial charge in [0.15, 0.2) is 0 Å². The van der Waals surface area contributed by atoms with Crippen molar-refractivity contribution in [1.29, 1.82) is 0 Å². The van der Waals surface area contributed by atoms with Crippen LogP contribution in [0.1, 0.15) is 60.2 Å². The molecule has 0 saturated heterocycles. The normalized spacial score (nSPS) is 19.0.